The van der Waals surface area contributed by atoms with Crippen LogP contribution in [0.3, 0.4) is 0 Å². The molecule has 0 amide bonds. The molecule has 3 atom stereocenters. The van der Waals surface area contributed by atoms with Crippen LogP contribution in [0, 0.1) is 5.82 Å². The minimum atomic E-state index is -0.101. The van der Waals surface area contributed by atoms with Crippen molar-refractivity contribution in [1.82, 2.24) is 5.32 Å². The predicted molar refractivity (Wildman–Crippen MR) is 63.3 cm³/mol. The summed E-state index contributed by atoms with van der Waals surface area (Å²) in [5, 5.41) is 4.21. The molecule has 2 aliphatic rings. The number of fused-ring (bicyclic) bond motifs is 2. The molecule has 2 aliphatic heterocycles. The molecule has 86 valence electrons. The van der Waals surface area contributed by atoms with Crippen LogP contribution in [0.1, 0.15) is 37.2 Å². The third-order valence-corrected chi connectivity index (χ3v) is 4.11. The Hall–Kier alpha value is -0.600. The van der Waals surface area contributed by atoms with Crippen molar-refractivity contribution in [2.45, 2.75) is 43.7 Å². The highest BCUT2D eigenvalue weighted by molar-refractivity contribution is 6.30. The highest BCUT2D eigenvalue weighted by Gasteiger charge is 2.34. The van der Waals surface area contributed by atoms with Gasteiger partial charge in [0, 0.05) is 17.1 Å². The Bertz CT molecular complexity index is 395. The first-order valence-corrected chi connectivity index (χ1v) is 6.31. The molecule has 3 rings (SSSR count). The van der Waals surface area contributed by atoms with Gasteiger partial charge in [-0.3, -0.25) is 0 Å². The van der Waals surface area contributed by atoms with Crippen LogP contribution in [0.4, 0.5) is 4.39 Å². The lowest BCUT2D eigenvalue weighted by Crippen LogP contribution is -2.37. The molecule has 2 saturated heterocycles. The van der Waals surface area contributed by atoms with Gasteiger partial charge in [-0.2, -0.15) is 0 Å². The Morgan fingerprint density at radius 1 is 1.19 bits per heavy atom. The molecule has 0 saturated carbocycles. The third-order valence-electron chi connectivity index (χ3n) is 3.87. The van der Waals surface area contributed by atoms with Gasteiger partial charge in [-0.15, -0.1) is 0 Å². The van der Waals surface area contributed by atoms with Gasteiger partial charge >= 0.3 is 0 Å². The first-order valence-electron chi connectivity index (χ1n) is 5.93. The lowest BCUT2D eigenvalue weighted by molar-refractivity contribution is 0.356. The molecular formula is C13H15ClFN. The second kappa shape index (κ2) is 4.01. The molecule has 1 aromatic rings. The Balaban J connectivity index is 1.89. The number of benzene rings is 1. The van der Waals surface area contributed by atoms with Gasteiger partial charge in [-0.05, 0) is 55.4 Å². The van der Waals surface area contributed by atoms with Crippen LogP contribution >= 0.6 is 11.6 Å². The molecule has 0 aromatic heterocycles. The number of piperidine rings is 1. The number of hydrogen-bond acceptors (Lipinski definition) is 1. The van der Waals surface area contributed by atoms with E-state index in [-0.39, 0.29) is 5.82 Å². The molecule has 0 spiro atoms. The van der Waals surface area contributed by atoms with Crippen LogP contribution in [0.25, 0.3) is 0 Å². The van der Waals surface area contributed by atoms with Crippen molar-refractivity contribution in [1.29, 1.82) is 0 Å². The predicted octanol–water partition coefficient (Wildman–Crippen LogP) is 3.48. The Kier molecular flexibility index (Phi) is 2.64. The second-order valence-corrected chi connectivity index (χ2v) is 5.41. The van der Waals surface area contributed by atoms with E-state index in [1.54, 1.807) is 12.1 Å². The van der Waals surface area contributed by atoms with Crippen LogP contribution in [0.5, 0.6) is 0 Å². The first-order chi connectivity index (χ1) is 7.72. The molecule has 0 aliphatic carbocycles. The second-order valence-electron chi connectivity index (χ2n) is 4.97. The fraction of sp³-hybridized carbons (Fsp3) is 0.538. The summed E-state index contributed by atoms with van der Waals surface area (Å²) in [4.78, 5) is 0. The minimum Gasteiger partial charge on any atom is -0.311 e. The van der Waals surface area contributed by atoms with Gasteiger partial charge in [0.15, 0.2) is 0 Å². The molecule has 1 N–H and O–H groups in total. The van der Waals surface area contributed by atoms with Crippen LogP contribution < -0.4 is 5.32 Å². The zero-order chi connectivity index (χ0) is 11.1. The van der Waals surface area contributed by atoms with Crippen LogP contribution in [-0.4, -0.2) is 12.1 Å². The van der Waals surface area contributed by atoms with Crippen molar-refractivity contribution in [3.63, 3.8) is 0 Å². The van der Waals surface area contributed by atoms with E-state index in [2.05, 4.69) is 5.32 Å². The number of halogens is 2. The lowest BCUT2D eigenvalue weighted by atomic mass is 9.86. The largest absolute Gasteiger partial charge is 0.311 e. The highest BCUT2D eigenvalue weighted by atomic mass is 35.5. The number of rotatable bonds is 1. The lowest BCUT2D eigenvalue weighted by Gasteiger charge is -2.29. The van der Waals surface area contributed by atoms with Gasteiger partial charge in [-0.25, -0.2) is 4.39 Å². The molecule has 1 nitrogen and oxygen atoms in total. The summed E-state index contributed by atoms with van der Waals surface area (Å²) in [6.45, 7) is 0. The highest BCUT2D eigenvalue weighted by Crippen LogP contribution is 2.38. The quantitative estimate of drug-likeness (QED) is 0.791. The molecule has 2 bridgehead atoms. The summed E-state index contributed by atoms with van der Waals surface area (Å²) in [6.07, 6.45) is 4.58. The fourth-order valence-electron chi connectivity index (χ4n) is 3.14. The first kappa shape index (κ1) is 10.5. The van der Waals surface area contributed by atoms with Crippen molar-refractivity contribution in [3.05, 3.63) is 34.6 Å². The van der Waals surface area contributed by atoms with Crippen molar-refractivity contribution >= 4 is 11.6 Å². The Morgan fingerprint density at radius 3 is 2.56 bits per heavy atom. The SMILES string of the molecule is Fc1ccc(Cl)cc1C1C[C@H]2CC[C@@H](C1)N2. The molecule has 2 fully saturated rings. The summed E-state index contributed by atoms with van der Waals surface area (Å²) in [7, 11) is 0. The van der Waals surface area contributed by atoms with E-state index in [1.165, 1.54) is 18.9 Å². The summed E-state index contributed by atoms with van der Waals surface area (Å²) >= 11 is 5.94. The maximum atomic E-state index is 13.7. The zero-order valence-corrected chi connectivity index (χ0v) is 9.80. The summed E-state index contributed by atoms with van der Waals surface area (Å²) in [5.41, 5.74) is 0.811. The topological polar surface area (TPSA) is 12.0 Å². The van der Waals surface area contributed by atoms with E-state index in [4.69, 9.17) is 11.6 Å². The smallest absolute Gasteiger partial charge is 0.126 e. The van der Waals surface area contributed by atoms with E-state index in [0.717, 1.165) is 18.4 Å². The molecule has 1 unspecified atom stereocenters. The Labute approximate surface area is 100.0 Å². The van der Waals surface area contributed by atoms with E-state index < -0.39 is 0 Å². The van der Waals surface area contributed by atoms with Crippen LogP contribution in [0.15, 0.2) is 18.2 Å². The van der Waals surface area contributed by atoms with Crippen LogP contribution in [0.2, 0.25) is 5.02 Å². The Morgan fingerprint density at radius 2 is 1.88 bits per heavy atom. The van der Waals surface area contributed by atoms with Crippen molar-refractivity contribution in [3.8, 4) is 0 Å². The molecule has 16 heavy (non-hydrogen) atoms. The number of hydrogen-bond donors (Lipinski definition) is 1. The fourth-order valence-corrected chi connectivity index (χ4v) is 3.32. The van der Waals surface area contributed by atoms with Crippen molar-refractivity contribution in [2.75, 3.05) is 0 Å². The summed E-state index contributed by atoms with van der Waals surface area (Å²) in [6, 6.07) is 6.08. The van der Waals surface area contributed by atoms with E-state index in [1.807, 2.05) is 0 Å². The average molecular weight is 240 g/mol. The van der Waals surface area contributed by atoms with Gasteiger partial charge in [-0.1, -0.05) is 11.6 Å². The van der Waals surface area contributed by atoms with Gasteiger partial charge in [0.05, 0.1) is 0 Å². The maximum absolute atomic E-state index is 13.7. The molecule has 3 heteroatoms. The molecular weight excluding hydrogens is 225 g/mol. The van der Waals surface area contributed by atoms with Gasteiger partial charge < -0.3 is 5.32 Å². The average Bonchev–Trinajstić information content (AvgIpc) is 2.61. The van der Waals surface area contributed by atoms with Gasteiger partial charge in [0.25, 0.3) is 0 Å². The third kappa shape index (κ3) is 1.85. The molecule has 2 heterocycles. The van der Waals surface area contributed by atoms with E-state index in [0.29, 0.717) is 23.0 Å². The zero-order valence-electron chi connectivity index (χ0n) is 9.05. The molecule has 1 aromatic carbocycles. The summed E-state index contributed by atoms with van der Waals surface area (Å²) < 4.78 is 13.7. The minimum absolute atomic E-state index is 0.101. The number of nitrogens with one attached hydrogen (secondary N) is 1. The standard InChI is InChI=1S/C13H15ClFN/c14-9-1-4-13(15)12(7-9)8-5-10-2-3-11(6-8)16-10/h1,4,7-8,10-11,16H,2-3,5-6H2/t8?,10-,11+. The summed E-state index contributed by atoms with van der Waals surface area (Å²) in [5.74, 6) is 0.244. The monoisotopic (exact) mass is 239 g/mol. The van der Waals surface area contributed by atoms with E-state index >= 15 is 0 Å². The van der Waals surface area contributed by atoms with Crippen LogP contribution in [-0.2, 0) is 0 Å². The maximum Gasteiger partial charge on any atom is 0.126 e. The molecule has 0 radical (unpaired) electrons. The van der Waals surface area contributed by atoms with Gasteiger partial charge in [0.1, 0.15) is 5.82 Å². The van der Waals surface area contributed by atoms with Crippen molar-refractivity contribution in [2.24, 2.45) is 0 Å². The normalized spacial score (nSPS) is 33.0. The van der Waals surface area contributed by atoms with Crippen molar-refractivity contribution < 1.29 is 4.39 Å². The van der Waals surface area contributed by atoms with E-state index in [9.17, 15) is 4.39 Å². The van der Waals surface area contributed by atoms with Gasteiger partial charge in [0.2, 0.25) is 0 Å².